The quantitative estimate of drug-likeness (QED) is 0.298. The van der Waals surface area contributed by atoms with E-state index in [0.717, 1.165) is 37.8 Å². The summed E-state index contributed by atoms with van der Waals surface area (Å²) in [6.07, 6.45) is 8.93. The molecule has 4 nitrogen and oxygen atoms in total. The van der Waals surface area contributed by atoms with Crippen LogP contribution < -0.4 is 10.6 Å². The minimum Gasteiger partial charge on any atom is -0.393 e. The maximum Gasteiger partial charge on any atom is 0.371 e. The fourth-order valence-electron chi connectivity index (χ4n) is 5.82. The second-order valence-corrected chi connectivity index (χ2v) is 19.2. The molecule has 0 spiro atoms. The molecule has 4 rings (SSSR count). The molecule has 9 heteroatoms. The van der Waals surface area contributed by atoms with Crippen molar-refractivity contribution in [3.05, 3.63) is 60.7 Å². The van der Waals surface area contributed by atoms with Gasteiger partial charge in [-0.1, -0.05) is 36.4 Å². The van der Waals surface area contributed by atoms with Crippen LogP contribution in [0.25, 0.3) is 0 Å². The molecule has 2 heterocycles. The molecule has 2 aromatic carbocycles. The highest BCUT2D eigenvalue weighted by Gasteiger charge is 2.48. The minimum absolute atomic E-state index is 0.227. The first-order valence-electron chi connectivity index (χ1n) is 12.9. The van der Waals surface area contributed by atoms with Crippen molar-refractivity contribution in [2.24, 2.45) is 0 Å². The van der Waals surface area contributed by atoms with Crippen LogP contribution in [0.15, 0.2) is 60.7 Å². The van der Waals surface area contributed by atoms with Crippen LogP contribution in [0.3, 0.4) is 0 Å². The predicted octanol–water partition coefficient (Wildman–Crippen LogP) is 4.68. The zero-order valence-electron chi connectivity index (χ0n) is 21.9. The van der Waals surface area contributed by atoms with Crippen molar-refractivity contribution in [2.45, 2.75) is 75.9 Å². The minimum atomic E-state index is -3.40. The Morgan fingerprint density at radius 3 is 1.67 bits per heavy atom. The maximum absolute atomic E-state index is 11.2. The summed E-state index contributed by atoms with van der Waals surface area (Å²) >= 11 is 0. The first-order valence-corrected chi connectivity index (χ1v) is 19.0. The third kappa shape index (κ3) is 7.90. The summed E-state index contributed by atoms with van der Waals surface area (Å²) in [4.78, 5) is 0. The average Bonchev–Trinajstić information content (AvgIpc) is 3.37. The van der Waals surface area contributed by atoms with Crippen LogP contribution in [0.1, 0.15) is 52.4 Å². The smallest absolute Gasteiger partial charge is 0.371 e. The summed E-state index contributed by atoms with van der Waals surface area (Å²) in [6.45, 7) is 3.68. The molecule has 0 amide bonds. The third-order valence-corrected chi connectivity index (χ3v) is 16.3. The lowest BCUT2D eigenvalue weighted by Gasteiger charge is -2.27. The van der Waals surface area contributed by atoms with E-state index in [-0.39, 0.29) is 12.2 Å². The van der Waals surface area contributed by atoms with Crippen molar-refractivity contribution in [3.8, 4) is 0 Å². The van der Waals surface area contributed by atoms with E-state index in [0.29, 0.717) is 17.7 Å². The van der Waals surface area contributed by atoms with Gasteiger partial charge >= 0.3 is 15.1 Å². The maximum atomic E-state index is 11.2. The van der Waals surface area contributed by atoms with E-state index in [2.05, 4.69) is 36.4 Å². The van der Waals surface area contributed by atoms with Gasteiger partial charge in [0, 0.05) is 25.2 Å². The van der Waals surface area contributed by atoms with Crippen LogP contribution in [0.4, 0.5) is 0 Å². The number of benzene rings is 2. The molecule has 2 fully saturated rings. The third-order valence-electron chi connectivity index (χ3n) is 7.46. The van der Waals surface area contributed by atoms with Crippen molar-refractivity contribution in [1.82, 2.24) is 0 Å². The van der Waals surface area contributed by atoms with Crippen LogP contribution in [-0.2, 0) is 14.3 Å². The highest BCUT2D eigenvalue weighted by molar-refractivity contribution is 8.04. The van der Waals surface area contributed by atoms with Gasteiger partial charge in [-0.15, -0.1) is 0 Å². The summed E-state index contributed by atoms with van der Waals surface area (Å²) in [5.74, 6) is 0. The van der Waals surface area contributed by atoms with Gasteiger partial charge in [-0.25, -0.2) is 0 Å². The molecule has 1 N–H and O–H groups in total. The summed E-state index contributed by atoms with van der Waals surface area (Å²) in [6, 6.07) is 20.8. The van der Waals surface area contributed by atoms with Crippen molar-refractivity contribution >= 4 is 50.1 Å². The average molecular weight is 544 g/mol. The molecule has 2 aliphatic rings. The topological polar surface area (TPSA) is 63.6 Å². The Bertz CT molecular complexity index is 1060. The standard InChI is InChI=1S/C14H21BO3PS.C13H19BOP/c1-12(18-20(2,16)17)11-14-9-6-10-19(14,15)13-7-4-3-5-8-13;1-11(15)10-13-8-5-9-16(13,14)12-6-3-2-4-7-12/h3-5,7-8,12,14H,6,9-11H2,1-2H3;2-4,6-7,11,13,15H,5,8-10H2,1H3/q2*+1/t12?,14-,19?;11-,13?,16?/m10/s1. The summed E-state index contributed by atoms with van der Waals surface area (Å²) in [7, 11) is 6.85. The Morgan fingerprint density at radius 2 is 1.28 bits per heavy atom. The van der Waals surface area contributed by atoms with Crippen molar-refractivity contribution in [3.63, 3.8) is 0 Å². The van der Waals surface area contributed by atoms with Gasteiger partial charge in [-0.2, -0.15) is 8.42 Å². The highest BCUT2D eigenvalue weighted by atomic mass is 32.2. The molecule has 4 unspecified atom stereocenters. The Morgan fingerprint density at radius 1 is 0.861 bits per heavy atom. The fraction of sp³-hybridized carbons (Fsp3) is 0.556. The lowest BCUT2D eigenvalue weighted by molar-refractivity contribution is 0.183. The Balaban J connectivity index is 0.000000205. The largest absolute Gasteiger partial charge is 0.393 e. The molecule has 2 aromatic rings. The molecule has 4 radical (unpaired) electrons. The van der Waals surface area contributed by atoms with E-state index in [1.807, 2.05) is 38.1 Å². The van der Waals surface area contributed by atoms with E-state index in [1.165, 1.54) is 23.5 Å². The number of rotatable bonds is 8. The van der Waals surface area contributed by atoms with Crippen molar-refractivity contribution in [1.29, 1.82) is 0 Å². The molecule has 6 atom stereocenters. The Kier molecular flexibility index (Phi) is 10.7. The van der Waals surface area contributed by atoms with Gasteiger partial charge in [0.2, 0.25) is 0 Å². The van der Waals surface area contributed by atoms with Crippen LogP contribution in [0.5, 0.6) is 0 Å². The summed E-state index contributed by atoms with van der Waals surface area (Å²) in [5.41, 5.74) is 0.886. The van der Waals surface area contributed by atoms with Gasteiger partial charge < -0.3 is 5.11 Å². The van der Waals surface area contributed by atoms with E-state index in [1.54, 1.807) is 0 Å². The van der Waals surface area contributed by atoms with Gasteiger partial charge in [0.1, 0.15) is 0 Å². The van der Waals surface area contributed by atoms with E-state index >= 15 is 0 Å². The predicted molar refractivity (Wildman–Crippen MR) is 160 cm³/mol. The molecular weight excluding hydrogens is 504 g/mol. The molecule has 0 aromatic heterocycles. The molecule has 2 saturated heterocycles. The summed E-state index contributed by atoms with van der Waals surface area (Å²) in [5, 5.41) is 12.1. The zero-order valence-corrected chi connectivity index (χ0v) is 24.5. The zero-order chi connectivity index (χ0) is 26.4. The highest BCUT2D eigenvalue weighted by Crippen LogP contribution is 2.65. The monoisotopic (exact) mass is 544 g/mol. The van der Waals surface area contributed by atoms with E-state index < -0.39 is 24.4 Å². The van der Waals surface area contributed by atoms with Gasteiger partial charge in [0.25, 0.3) is 10.1 Å². The second kappa shape index (κ2) is 12.9. The summed E-state index contributed by atoms with van der Waals surface area (Å²) < 4.78 is 27.5. The Labute approximate surface area is 222 Å². The normalized spacial score (nSPS) is 29.8. The molecule has 0 saturated carbocycles. The number of hydrogen-bond donors (Lipinski definition) is 1. The first kappa shape index (κ1) is 29.8. The molecule has 192 valence electrons. The lowest BCUT2D eigenvalue weighted by Crippen LogP contribution is -2.25. The van der Waals surface area contributed by atoms with Gasteiger partial charge in [0.15, 0.2) is 0 Å². The van der Waals surface area contributed by atoms with Crippen LogP contribution >= 0.6 is 14.3 Å². The van der Waals surface area contributed by atoms with Gasteiger partial charge in [0.05, 0.1) is 40.4 Å². The van der Waals surface area contributed by atoms with Crippen LogP contribution in [-0.4, -0.2) is 70.8 Å². The molecular formula is C27H40B2O4P2S+2. The van der Waals surface area contributed by atoms with E-state index in [9.17, 15) is 13.5 Å². The molecule has 0 bridgehead atoms. The lowest BCUT2D eigenvalue weighted by atomic mass is 10.1. The number of aliphatic hydroxyl groups excluding tert-OH is 1. The van der Waals surface area contributed by atoms with Crippen LogP contribution in [0.2, 0.25) is 0 Å². The second-order valence-electron chi connectivity index (χ2n) is 10.5. The Hall–Kier alpha value is -0.700. The fourth-order valence-corrected chi connectivity index (χ4v) is 14.1. The van der Waals surface area contributed by atoms with Crippen LogP contribution in [0, 0.1) is 0 Å². The molecule has 36 heavy (non-hydrogen) atoms. The van der Waals surface area contributed by atoms with E-state index in [4.69, 9.17) is 19.3 Å². The number of hydrogen-bond acceptors (Lipinski definition) is 4. The van der Waals surface area contributed by atoms with Crippen molar-refractivity contribution < 1.29 is 17.7 Å². The number of aliphatic hydroxyl groups is 1. The van der Waals surface area contributed by atoms with Gasteiger partial charge in [-0.05, 0) is 78.1 Å². The molecule has 2 aliphatic heterocycles. The SMILES string of the molecule is [B][P+]1(c2ccccc2)CCCC1C[C@H](C)O.[B][P+]1(c2ccccc2)CCC[C@@H]1CC(C)OS(C)(=O)=O. The van der Waals surface area contributed by atoms with Gasteiger partial charge in [-0.3, -0.25) is 4.18 Å². The molecule has 0 aliphatic carbocycles. The first-order chi connectivity index (χ1) is 16.9. The van der Waals surface area contributed by atoms with Crippen molar-refractivity contribution in [2.75, 3.05) is 18.6 Å².